The summed E-state index contributed by atoms with van der Waals surface area (Å²) in [7, 11) is 0. The van der Waals surface area contributed by atoms with E-state index in [9.17, 15) is 0 Å². The zero-order chi connectivity index (χ0) is 13.1. The molecule has 0 saturated carbocycles. The summed E-state index contributed by atoms with van der Waals surface area (Å²) in [6.07, 6.45) is 7.24. The molecule has 1 aromatic heterocycles. The standard InChI is InChI=1S/C15H17N3S/c1-19-15-9-14(16-10-17-15)18-13-8-4-6-11-5-2-3-7-12(11)13/h2-3,5,7,9-10,13H,4,6,8H2,1H3,(H,16,17,18). The summed E-state index contributed by atoms with van der Waals surface area (Å²) in [4.78, 5) is 8.53. The maximum atomic E-state index is 4.32. The molecule has 0 aliphatic heterocycles. The average molecular weight is 271 g/mol. The van der Waals surface area contributed by atoms with Crippen molar-refractivity contribution in [2.75, 3.05) is 11.6 Å². The summed E-state index contributed by atoms with van der Waals surface area (Å²) in [6.45, 7) is 0. The van der Waals surface area contributed by atoms with E-state index in [2.05, 4.69) is 39.6 Å². The maximum Gasteiger partial charge on any atom is 0.130 e. The fraction of sp³-hybridized carbons (Fsp3) is 0.333. The molecule has 0 fully saturated rings. The van der Waals surface area contributed by atoms with Crippen molar-refractivity contribution in [1.29, 1.82) is 0 Å². The van der Waals surface area contributed by atoms with E-state index in [0.29, 0.717) is 6.04 Å². The van der Waals surface area contributed by atoms with Crippen molar-refractivity contribution >= 4 is 17.6 Å². The zero-order valence-corrected chi connectivity index (χ0v) is 11.8. The minimum atomic E-state index is 0.370. The van der Waals surface area contributed by atoms with Gasteiger partial charge in [-0.15, -0.1) is 11.8 Å². The highest BCUT2D eigenvalue weighted by atomic mass is 32.2. The molecule has 4 heteroatoms. The van der Waals surface area contributed by atoms with E-state index in [1.807, 2.05) is 12.3 Å². The van der Waals surface area contributed by atoms with Crippen LogP contribution in [0.2, 0.25) is 0 Å². The van der Waals surface area contributed by atoms with Gasteiger partial charge in [-0.1, -0.05) is 24.3 Å². The first kappa shape index (κ1) is 12.5. The molecule has 1 atom stereocenters. The van der Waals surface area contributed by atoms with E-state index in [0.717, 1.165) is 17.3 Å². The van der Waals surface area contributed by atoms with Crippen LogP contribution in [0.1, 0.15) is 30.0 Å². The van der Waals surface area contributed by atoms with Gasteiger partial charge < -0.3 is 5.32 Å². The number of rotatable bonds is 3. The Morgan fingerprint density at radius 3 is 3.05 bits per heavy atom. The molecular weight excluding hydrogens is 254 g/mol. The van der Waals surface area contributed by atoms with Crippen LogP contribution in [0.25, 0.3) is 0 Å². The molecule has 0 bridgehead atoms. The van der Waals surface area contributed by atoms with E-state index in [1.54, 1.807) is 18.1 Å². The van der Waals surface area contributed by atoms with Gasteiger partial charge in [0.25, 0.3) is 0 Å². The number of aryl methyl sites for hydroxylation is 1. The molecule has 19 heavy (non-hydrogen) atoms. The number of hydrogen-bond acceptors (Lipinski definition) is 4. The van der Waals surface area contributed by atoms with Gasteiger partial charge in [-0.2, -0.15) is 0 Å². The highest BCUT2D eigenvalue weighted by molar-refractivity contribution is 7.98. The van der Waals surface area contributed by atoms with Gasteiger partial charge in [0, 0.05) is 6.07 Å². The number of fused-ring (bicyclic) bond motifs is 1. The summed E-state index contributed by atoms with van der Waals surface area (Å²) in [5.74, 6) is 0.918. The maximum absolute atomic E-state index is 4.32. The van der Waals surface area contributed by atoms with Gasteiger partial charge in [0.2, 0.25) is 0 Å². The number of nitrogens with one attached hydrogen (secondary N) is 1. The first-order valence-corrected chi connectivity index (χ1v) is 7.79. The Morgan fingerprint density at radius 1 is 1.26 bits per heavy atom. The van der Waals surface area contributed by atoms with Crippen molar-refractivity contribution in [3.8, 4) is 0 Å². The molecule has 3 nitrogen and oxygen atoms in total. The van der Waals surface area contributed by atoms with Gasteiger partial charge in [0.15, 0.2) is 0 Å². The third-order valence-electron chi connectivity index (χ3n) is 3.54. The Hall–Kier alpha value is -1.55. The number of aromatic nitrogens is 2. The van der Waals surface area contributed by atoms with E-state index in [4.69, 9.17) is 0 Å². The van der Waals surface area contributed by atoms with Crippen LogP contribution in [0, 0.1) is 0 Å². The van der Waals surface area contributed by atoms with Gasteiger partial charge in [-0.3, -0.25) is 0 Å². The SMILES string of the molecule is CSc1cc(NC2CCCc3ccccc32)ncn1. The van der Waals surface area contributed by atoms with Gasteiger partial charge in [-0.05, 0) is 36.6 Å². The number of hydrogen-bond donors (Lipinski definition) is 1. The summed E-state index contributed by atoms with van der Waals surface area (Å²) < 4.78 is 0. The lowest BCUT2D eigenvalue weighted by molar-refractivity contribution is 0.598. The quantitative estimate of drug-likeness (QED) is 0.682. The van der Waals surface area contributed by atoms with Crippen LogP contribution in [-0.2, 0) is 6.42 Å². The molecule has 1 aromatic carbocycles. The summed E-state index contributed by atoms with van der Waals surface area (Å²) in [6, 6.07) is 11.1. The predicted octanol–water partition coefficient (Wildman–Crippen LogP) is 3.69. The molecule has 2 aromatic rings. The van der Waals surface area contributed by atoms with Crippen LogP contribution < -0.4 is 5.32 Å². The minimum Gasteiger partial charge on any atom is -0.363 e. The fourth-order valence-electron chi connectivity index (χ4n) is 2.61. The minimum absolute atomic E-state index is 0.370. The van der Waals surface area contributed by atoms with Crippen molar-refractivity contribution in [1.82, 2.24) is 9.97 Å². The summed E-state index contributed by atoms with van der Waals surface area (Å²) in [5, 5.41) is 4.55. The normalized spacial score (nSPS) is 17.8. The van der Waals surface area contributed by atoms with Crippen molar-refractivity contribution in [3.63, 3.8) is 0 Å². The topological polar surface area (TPSA) is 37.8 Å². The van der Waals surface area contributed by atoms with Crippen molar-refractivity contribution in [2.24, 2.45) is 0 Å². The number of thioether (sulfide) groups is 1. The number of benzene rings is 1. The van der Waals surface area contributed by atoms with Gasteiger partial charge in [0.1, 0.15) is 17.2 Å². The third kappa shape index (κ3) is 2.73. The van der Waals surface area contributed by atoms with Crippen LogP contribution in [0.3, 0.4) is 0 Å². The molecule has 0 saturated heterocycles. The molecule has 0 spiro atoms. The largest absolute Gasteiger partial charge is 0.363 e. The molecule has 1 N–H and O–H groups in total. The predicted molar refractivity (Wildman–Crippen MR) is 79.6 cm³/mol. The van der Waals surface area contributed by atoms with Crippen LogP contribution in [-0.4, -0.2) is 16.2 Å². The highest BCUT2D eigenvalue weighted by Crippen LogP contribution is 2.32. The monoisotopic (exact) mass is 271 g/mol. The lowest BCUT2D eigenvalue weighted by Crippen LogP contribution is -2.17. The molecule has 1 aliphatic carbocycles. The lowest BCUT2D eigenvalue weighted by atomic mass is 9.88. The van der Waals surface area contributed by atoms with Gasteiger partial charge >= 0.3 is 0 Å². The Bertz CT molecular complexity index is 571. The van der Waals surface area contributed by atoms with Crippen LogP contribution >= 0.6 is 11.8 Å². The highest BCUT2D eigenvalue weighted by Gasteiger charge is 2.19. The zero-order valence-electron chi connectivity index (χ0n) is 11.0. The van der Waals surface area contributed by atoms with Crippen LogP contribution in [0.5, 0.6) is 0 Å². The number of nitrogens with zero attached hydrogens (tertiary/aromatic N) is 2. The van der Waals surface area contributed by atoms with E-state index < -0.39 is 0 Å². The Morgan fingerprint density at radius 2 is 2.16 bits per heavy atom. The Kier molecular flexibility index (Phi) is 3.69. The molecule has 0 radical (unpaired) electrons. The summed E-state index contributed by atoms with van der Waals surface area (Å²) >= 11 is 1.64. The Labute approximate surface area is 117 Å². The van der Waals surface area contributed by atoms with E-state index >= 15 is 0 Å². The summed E-state index contributed by atoms with van der Waals surface area (Å²) in [5.41, 5.74) is 2.88. The van der Waals surface area contributed by atoms with Crippen molar-refractivity contribution < 1.29 is 0 Å². The molecule has 0 amide bonds. The molecule has 1 unspecified atom stereocenters. The molecule has 1 aliphatic rings. The average Bonchev–Trinajstić information content (AvgIpc) is 2.48. The van der Waals surface area contributed by atoms with Crippen LogP contribution in [0.4, 0.5) is 5.82 Å². The second-order valence-electron chi connectivity index (χ2n) is 4.73. The second-order valence-corrected chi connectivity index (χ2v) is 5.56. The molecule has 98 valence electrons. The fourth-order valence-corrected chi connectivity index (χ4v) is 2.99. The van der Waals surface area contributed by atoms with E-state index in [1.165, 1.54) is 24.0 Å². The van der Waals surface area contributed by atoms with Crippen molar-refractivity contribution in [2.45, 2.75) is 30.3 Å². The molecule has 3 rings (SSSR count). The smallest absolute Gasteiger partial charge is 0.130 e. The lowest BCUT2D eigenvalue weighted by Gasteiger charge is -2.26. The van der Waals surface area contributed by atoms with Crippen LogP contribution in [0.15, 0.2) is 41.7 Å². The van der Waals surface area contributed by atoms with Gasteiger partial charge in [-0.25, -0.2) is 9.97 Å². The third-order valence-corrected chi connectivity index (χ3v) is 4.18. The van der Waals surface area contributed by atoms with Gasteiger partial charge in [0.05, 0.1) is 6.04 Å². The molecule has 1 heterocycles. The number of anilines is 1. The van der Waals surface area contributed by atoms with E-state index in [-0.39, 0.29) is 0 Å². The first-order chi connectivity index (χ1) is 9.36. The molecular formula is C15H17N3S. The Balaban J connectivity index is 1.84. The van der Waals surface area contributed by atoms with Crippen molar-refractivity contribution in [3.05, 3.63) is 47.8 Å². The second kappa shape index (κ2) is 5.61. The first-order valence-electron chi connectivity index (χ1n) is 6.57.